The monoisotopic (exact) mass is 329 g/mol. The van der Waals surface area contributed by atoms with Crippen LogP contribution in [0.5, 0.6) is 0 Å². The second kappa shape index (κ2) is 5.73. The summed E-state index contributed by atoms with van der Waals surface area (Å²) < 4.78 is 26.5. The number of nitrogens with one attached hydrogen (secondary N) is 2. The number of aliphatic carboxylic acids is 1. The molecule has 0 atom stereocenters. The number of aromatic amines is 1. The summed E-state index contributed by atoms with van der Waals surface area (Å²) in [6.45, 7) is 3.81. The molecular weight excluding hydrogens is 310 g/mol. The molecule has 1 fully saturated rings. The Morgan fingerprint density at radius 2 is 1.91 bits per heavy atom. The molecule has 3 N–H and O–H groups in total. The van der Waals surface area contributed by atoms with Gasteiger partial charge in [0.2, 0.25) is 10.0 Å². The van der Waals surface area contributed by atoms with E-state index in [1.807, 2.05) is 0 Å². The lowest BCUT2D eigenvalue weighted by atomic mass is 10.1. The fourth-order valence-corrected chi connectivity index (χ4v) is 3.55. The van der Waals surface area contributed by atoms with Gasteiger partial charge in [-0.25, -0.2) is 8.42 Å². The minimum Gasteiger partial charge on any atom is -0.480 e. The van der Waals surface area contributed by atoms with Crippen LogP contribution in [0.3, 0.4) is 0 Å². The van der Waals surface area contributed by atoms with Crippen LogP contribution in [0.2, 0.25) is 0 Å². The highest BCUT2D eigenvalue weighted by atomic mass is 32.2. The van der Waals surface area contributed by atoms with E-state index in [1.54, 1.807) is 4.90 Å². The minimum atomic E-state index is -4.03. The van der Waals surface area contributed by atoms with Gasteiger partial charge in [0.1, 0.15) is 16.1 Å². The number of carbonyl (C=O) groups is 2. The van der Waals surface area contributed by atoms with Gasteiger partial charge in [0.25, 0.3) is 5.91 Å². The van der Waals surface area contributed by atoms with E-state index in [0.29, 0.717) is 13.1 Å². The molecule has 1 aliphatic heterocycles. The third-order valence-electron chi connectivity index (χ3n) is 3.51. The Balaban J connectivity index is 2.19. The number of carboxylic acid groups (broad SMARTS) is 1. The molecule has 1 saturated heterocycles. The van der Waals surface area contributed by atoms with Crippen molar-refractivity contribution in [2.24, 2.45) is 0 Å². The molecule has 2 heterocycles. The summed E-state index contributed by atoms with van der Waals surface area (Å²) in [5, 5.41) is 8.99. The van der Waals surface area contributed by atoms with Crippen molar-refractivity contribution in [3.8, 4) is 0 Å². The number of likely N-dealkylation sites (tertiary alicyclic amines) is 1. The highest BCUT2D eigenvalue weighted by Crippen LogP contribution is 2.17. The zero-order valence-corrected chi connectivity index (χ0v) is 13.2. The minimum absolute atomic E-state index is 0.163. The summed E-state index contributed by atoms with van der Waals surface area (Å²) >= 11 is 0. The largest absolute Gasteiger partial charge is 0.480 e. The van der Waals surface area contributed by atoms with Gasteiger partial charge in [0.05, 0.1) is 0 Å². The van der Waals surface area contributed by atoms with E-state index < -0.39 is 21.5 Å². The highest BCUT2D eigenvalue weighted by Gasteiger charge is 2.34. The molecule has 0 radical (unpaired) electrons. The molecule has 0 unspecified atom stereocenters. The van der Waals surface area contributed by atoms with Crippen molar-refractivity contribution >= 4 is 21.9 Å². The predicted octanol–water partition coefficient (Wildman–Crippen LogP) is 0.392. The number of sulfonamides is 1. The predicted molar refractivity (Wildman–Crippen MR) is 78.0 cm³/mol. The maximum atomic E-state index is 12.2. The first kappa shape index (κ1) is 16.5. The Morgan fingerprint density at radius 1 is 1.32 bits per heavy atom. The Morgan fingerprint density at radius 3 is 2.45 bits per heavy atom. The molecule has 1 aromatic rings. The molecule has 0 saturated carbocycles. The number of hydrogen-bond acceptors (Lipinski definition) is 4. The van der Waals surface area contributed by atoms with Gasteiger partial charge in [-0.3, -0.25) is 9.59 Å². The third kappa shape index (κ3) is 3.30. The van der Waals surface area contributed by atoms with Crippen molar-refractivity contribution in [2.45, 2.75) is 37.1 Å². The second-order valence-electron chi connectivity index (χ2n) is 5.78. The van der Waals surface area contributed by atoms with Crippen LogP contribution in [-0.2, 0) is 14.8 Å². The van der Waals surface area contributed by atoms with E-state index in [1.165, 1.54) is 26.1 Å². The van der Waals surface area contributed by atoms with Gasteiger partial charge in [-0.1, -0.05) is 0 Å². The zero-order chi connectivity index (χ0) is 16.5. The molecule has 1 aliphatic rings. The van der Waals surface area contributed by atoms with E-state index in [9.17, 15) is 18.0 Å². The van der Waals surface area contributed by atoms with Gasteiger partial charge in [-0.2, -0.15) is 4.72 Å². The van der Waals surface area contributed by atoms with E-state index in [-0.39, 0.29) is 16.5 Å². The van der Waals surface area contributed by atoms with Crippen molar-refractivity contribution in [2.75, 3.05) is 13.1 Å². The number of aromatic nitrogens is 1. The Hall–Kier alpha value is -1.87. The van der Waals surface area contributed by atoms with Crippen molar-refractivity contribution < 1.29 is 23.1 Å². The number of nitrogens with zero attached hydrogens (tertiary/aromatic N) is 1. The van der Waals surface area contributed by atoms with Crippen molar-refractivity contribution in [3.05, 3.63) is 18.0 Å². The first-order valence-electron chi connectivity index (χ1n) is 6.88. The van der Waals surface area contributed by atoms with Crippen LogP contribution in [0.1, 0.15) is 37.2 Å². The van der Waals surface area contributed by atoms with Gasteiger partial charge in [-0.15, -0.1) is 0 Å². The topological polar surface area (TPSA) is 120 Å². The lowest BCUT2D eigenvalue weighted by molar-refractivity contribution is -0.142. The van der Waals surface area contributed by atoms with E-state index >= 15 is 0 Å². The molecule has 0 aliphatic carbocycles. The molecule has 0 bridgehead atoms. The van der Waals surface area contributed by atoms with Crippen LogP contribution in [0, 0.1) is 0 Å². The fraction of sp³-hybridized carbons (Fsp3) is 0.538. The lowest BCUT2D eigenvalue weighted by Crippen LogP contribution is -2.49. The molecule has 8 nitrogen and oxygen atoms in total. The lowest BCUT2D eigenvalue weighted by Gasteiger charge is -2.20. The summed E-state index contributed by atoms with van der Waals surface area (Å²) in [6, 6.07) is 1.22. The molecule has 122 valence electrons. The Bertz CT molecular complexity index is 686. The van der Waals surface area contributed by atoms with Crippen molar-refractivity contribution in [1.29, 1.82) is 0 Å². The van der Waals surface area contributed by atoms with Crippen LogP contribution in [0.15, 0.2) is 17.2 Å². The van der Waals surface area contributed by atoms with Crippen molar-refractivity contribution in [3.63, 3.8) is 0 Å². The van der Waals surface area contributed by atoms with Crippen LogP contribution >= 0.6 is 0 Å². The number of H-pyrrole nitrogens is 1. The van der Waals surface area contributed by atoms with Crippen LogP contribution in [0.4, 0.5) is 0 Å². The number of carboxylic acids is 1. The van der Waals surface area contributed by atoms with Gasteiger partial charge in [0, 0.05) is 19.3 Å². The zero-order valence-electron chi connectivity index (χ0n) is 12.4. The van der Waals surface area contributed by atoms with Gasteiger partial charge in [0.15, 0.2) is 0 Å². The molecule has 1 amide bonds. The van der Waals surface area contributed by atoms with E-state index in [2.05, 4.69) is 9.71 Å². The molecule has 0 spiro atoms. The quantitative estimate of drug-likeness (QED) is 0.722. The Kier molecular flexibility index (Phi) is 4.30. The first-order valence-corrected chi connectivity index (χ1v) is 8.37. The number of amides is 1. The van der Waals surface area contributed by atoms with Gasteiger partial charge < -0.3 is 15.0 Å². The third-order valence-corrected chi connectivity index (χ3v) is 5.15. The first-order chi connectivity index (χ1) is 10.1. The summed E-state index contributed by atoms with van der Waals surface area (Å²) in [6.07, 6.45) is 3.06. The van der Waals surface area contributed by atoms with Crippen LogP contribution < -0.4 is 4.72 Å². The highest BCUT2D eigenvalue weighted by molar-refractivity contribution is 7.89. The van der Waals surface area contributed by atoms with Crippen molar-refractivity contribution in [1.82, 2.24) is 14.6 Å². The standard InChI is InChI=1S/C13H19N3O5S/c1-13(2,12(18)19)15-22(20,21)9-7-10(14-8-9)11(17)16-5-3-4-6-16/h7-8,14-15H,3-6H2,1-2H3,(H,18,19). The normalized spacial score (nSPS) is 16.0. The molecule has 0 aromatic carbocycles. The SMILES string of the molecule is CC(C)(NS(=O)(=O)c1c[nH]c(C(=O)N2CCCC2)c1)C(=O)O. The van der Waals surface area contributed by atoms with Gasteiger partial charge in [-0.05, 0) is 32.8 Å². The summed E-state index contributed by atoms with van der Waals surface area (Å²) in [7, 11) is -4.03. The molecule has 22 heavy (non-hydrogen) atoms. The second-order valence-corrected chi connectivity index (χ2v) is 7.47. The molecule has 9 heteroatoms. The van der Waals surface area contributed by atoms with Crippen LogP contribution in [0.25, 0.3) is 0 Å². The molecule has 2 rings (SSSR count). The van der Waals surface area contributed by atoms with E-state index in [0.717, 1.165) is 12.8 Å². The smallest absolute Gasteiger partial charge is 0.324 e. The number of hydrogen-bond donors (Lipinski definition) is 3. The number of carbonyl (C=O) groups excluding carboxylic acids is 1. The Labute approximate surface area is 128 Å². The van der Waals surface area contributed by atoms with Crippen LogP contribution in [-0.4, -0.2) is 53.9 Å². The average molecular weight is 329 g/mol. The van der Waals surface area contributed by atoms with Gasteiger partial charge >= 0.3 is 5.97 Å². The maximum absolute atomic E-state index is 12.2. The number of rotatable bonds is 5. The summed E-state index contributed by atoms with van der Waals surface area (Å²) in [4.78, 5) is 27.3. The summed E-state index contributed by atoms with van der Waals surface area (Å²) in [5.41, 5.74) is -1.47. The average Bonchev–Trinajstić information content (AvgIpc) is 3.08. The van der Waals surface area contributed by atoms with E-state index in [4.69, 9.17) is 5.11 Å². The maximum Gasteiger partial charge on any atom is 0.324 e. The molecular formula is C13H19N3O5S. The molecule has 1 aromatic heterocycles. The fourth-order valence-electron chi connectivity index (χ4n) is 2.18. The summed E-state index contributed by atoms with van der Waals surface area (Å²) in [5.74, 6) is -1.54.